The number of amides is 1. The summed E-state index contributed by atoms with van der Waals surface area (Å²) in [6.45, 7) is 19.8. The topological polar surface area (TPSA) is 73.9 Å². The van der Waals surface area contributed by atoms with Crippen molar-refractivity contribution in [3.05, 3.63) is 60.7 Å². The number of hydrogen-bond acceptors (Lipinski definition) is 5. The number of benzene rings is 2. The molecule has 2 atom stereocenters. The van der Waals surface area contributed by atoms with Gasteiger partial charge in [-0.25, -0.2) is 9.59 Å². The van der Waals surface area contributed by atoms with E-state index in [4.69, 9.17) is 13.9 Å². The molecule has 0 aliphatic carbocycles. The number of carbonyl (C=O) groups excluding carboxylic acids is 2. The molecule has 7 heteroatoms. The third-order valence-electron chi connectivity index (χ3n) is 6.21. The molecule has 38 heavy (non-hydrogen) atoms. The predicted molar refractivity (Wildman–Crippen MR) is 156 cm³/mol. The van der Waals surface area contributed by atoms with Crippen LogP contribution in [0.2, 0.25) is 5.04 Å². The normalized spacial score (nSPS) is 14.4. The van der Waals surface area contributed by atoms with Gasteiger partial charge in [-0.1, -0.05) is 88.4 Å². The van der Waals surface area contributed by atoms with Crippen LogP contribution in [0.5, 0.6) is 0 Å². The standard InChI is InChI=1S/C31H47NO5Si/c1-23(26(27(33)36-29(2,3)4)32-28(34)37-30(5,6)7)21-22-35-38(31(8,9)10,24-17-13-11-14-18-24)25-19-15-12-16-20-25/h11-20,23,26H,21-22H2,1-10H3,(H,32,34)/t23-,26-/m1/s1. The molecule has 1 N–H and O–H groups in total. The molecule has 0 saturated carbocycles. The first-order valence-corrected chi connectivity index (χ1v) is 15.3. The van der Waals surface area contributed by atoms with Gasteiger partial charge in [-0.2, -0.15) is 0 Å². The quantitative estimate of drug-likeness (QED) is 0.320. The maximum atomic E-state index is 13.1. The Bertz CT molecular complexity index is 996. The van der Waals surface area contributed by atoms with Gasteiger partial charge in [0.15, 0.2) is 0 Å². The highest BCUT2D eigenvalue weighted by Crippen LogP contribution is 2.37. The summed E-state index contributed by atoms with van der Waals surface area (Å²) in [7, 11) is -2.71. The molecule has 0 heterocycles. The SMILES string of the molecule is C[C@H](CCO[Si](c1ccccc1)(c1ccccc1)C(C)(C)C)[C@@H](NC(=O)OC(C)(C)C)C(=O)OC(C)(C)C. The van der Waals surface area contributed by atoms with Crippen molar-refractivity contribution in [2.24, 2.45) is 5.92 Å². The van der Waals surface area contributed by atoms with Crippen molar-refractivity contribution < 1.29 is 23.5 Å². The zero-order chi connectivity index (χ0) is 28.8. The highest BCUT2D eigenvalue weighted by molar-refractivity contribution is 6.99. The molecule has 6 nitrogen and oxygen atoms in total. The Morgan fingerprint density at radius 2 is 1.21 bits per heavy atom. The molecule has 2 aromatic rings. The van der Waals surface area contributed by atoms with Gasteiger partial charge in [0.2, 0.25) is 0 Å². The van der Waals surface area contributed by atoms with Gasteiger partial charge in [-0.05, 0) is 69.3 Å². The van der Waals surface area contributed by atoms with Crippen LogP contribution in [0.25, 0.3) is 0 Å². The van der Waals surface area contributed by atoms with Crippen LogP contribution in [0.4, 0.5) is 4.79 Å². The van der Waals surface area contributed by atoms with E-state index in [-0.39, 0.29) is 11.0 Å². The van der Waals surface area contributed by atoms with E-state index in [9.17, 15) is 9.59 Å². The minimum Gasteiger partial charge on any atom is -0.458 e. The first-order valence-electron chi connectivity index (χ1n) is 13.4. The molecule has 0 unspecified atom stereocenters. The largest absolute Gasteiger partial charge is 0.458 e. The molecule has 0 bridgehead atoms. The van der Waals surface area contributed by atoms with E-state index in [0.717, 1.165) is 0 Å². The minimum atomic E-state index is -2.71. The Balaban J connectivity index is 2.34. The van der Waals surface area contributed by atoms with Crippen molar-refractivity contribution in [3.63, 3.8) is 0 Å². The Kier molecular flexibility index (Phi) is 10.4. The van der Waals surface area contributed by atoms with Gasteiger partial charge in [-0.15, -0.1) is 0 Å². The lowest BCUT2D eigenvalue weighted by molar-refractivity contribution is -0.159. The Labute approximate surface area is 230 Å². The zero-order valence-electron chi connectivity index (χ0n) is 24.9. The molecule has 0 spiro atoms. The van der Waals surface area contributed by atoms with E-state index >= 15 is 0 Å². The third-order valence-corrected chi connectivity index (χ3v) is 11.3. The second kappa shape index (κ2) is 12.5. The van der Waals surface area contributed by atoms with Crippen LogP contribution in [-0.2, 0) is 18.7 Å². The fourth-order valence-electron chi connectivity index (χ4n) is 4.56. The molecule has 0 radical (unpaired) electrons. The van der Waals surface area contributed by atoms with E-state index in [1.54, 1.807) is 20.8 Å². The van der Waals surface area contributed by atoms with Gasteiger partial charge in [0.1, 0.15) is 17.2 Å². The van der Waals surface area contributed by atoms with Crippen LogP contribution in [-0.4, -0.2) is 44.2 Å². The average molecular weight is 542 g/mol. The first-order chi connectivity index (χ1) is 17.5. The lowest BCUT2D eigenvalue weighted by Crippen LogP contribution is -2.66. The summed E-state index contributed by atoms with van der Waals surface area (Å²) in [5.41, 5.74) is -1.37. The fourth-order valence-corrected chi connectivity index (χ4v) is 9.14. The molecule has 0 aliphatic heterocycles. The molecule has 0 fully saturated rings. The molecule has 2 rings (SSSR count). The summed E-state index contributed by atoms with van der Waals surface area (Å²) in [4.78, 5) is 25.8. The molecule has 0 aliphatic rings. The third kappa shape index (κ3) is 8.70. The van der Waals surface area contributed by atoms with Crippen molar-refractivity contribution >= 4 is 30.8 Å². The van der Waals surface area contributed by atoms with Crippen LogP contribution < -0.4 is 15.7 Å². The van der Waals surface area contributed by atoms with Crippen LogP contribution in [0.15, 0.2) is 60.7 Å². The van der Waals surface area contributed by atoms with Gasteiger partial charge in [0.25, 0.3) is 8.32 Å². The second-order valence-electron chi connectivity index (χ2n) is 12.9. The Morgan fingerprint density at radius 3 is 1.61 bits per heavy atom. The number of rotatable bonds is 9. The van der Waals surface area contributed by atoms with Crippen molar-refractivity contribution in [3.8, 4) is 0 Å². The van der Waals surface area contributed by atoms with E-state index in [1.807, 2.05) is 39.8 Å². The number of hydrogen-bond donors (Lipinski definition) is 1. The molecule has 0 aromatic heterocycles. The van der Waals surface area contributed by atoms with Crippen LogP contribution in [0.1, 0.15) is 75.7 Å². The fraction of sp³-hybridized carbons (Fsp3) is 0.548. The average Bonchev–Trinajstić information content (AvgIpc) is 2.78. The molecule has 1 amide bonds. The minimum absolute atomic E-state index is 0.154. The van der Waals surface area contributed by atoms with E-state index in [0.29, 0.717) is 13.0 Å². The maximum Gasteiger partial charge on any atom is 0.408 e. The lowest BCUT2D eigenvalue weighted by Gasteiger charge is -2.43. The molecular weight excluding hydrogens is 494 g/mol. The Morgan fingerprint density at radius 1 is 0.763 bits per heavy atom. The molecular formula is C31H47NO5Si. The van der Waals surface area contributed by atoms with Crippen molar-refractivity contribution in [1.82, 2.24) is 5.32 Å². The predicted octanol–water partition coefficient (Wildman–Crippen LogP) is 5.82. The Hall–Kier alpha value is -2.64. The summed E-state index contributed by atoms with van der Waals surface area (Å²) in [5, 5.41) is 4.99. The molecule has 0 saturated heterocycles. The van der Waals surface area contributed by atoms with Crippen molar-refractivity contribution in [1.29, 1.82) is 0 Å². The number of nitrogens with one attached hydrogen (secondary N) is 1. The number of esters is 1. The molecule has 2 aromatic carbocycles. The molecule has 210 valence electrons. The summed E-state index contributed by atoms with van der Waals surface area (Å²) in [6.07, 6.45) is -0.0994. The summed E-state index contributed by atoms with van der Waals surface area (Å²) < 4.78 is 18.1. The summed E-state index contributed by atoms with van der Waals surface area (Å²) in [6, 6.07) is 20.0. The second-order valence-corrected chi connectivity index (χ2v) is 17.2. The van der Waals surface area contributed by atoms with Crippen LogP contribution in [0.3, 0.4) is 0 Å². The van der Waals surface area contributed by atoms with Crippen molar-refractivity contribution in [2.45, 2.75) is 97.9 Å². The zero-order valence-corrected chi connectivity index (χ0v) is 25.9. The van der Waals surface area contributed by atoms with Gasteiger partial charge >= 0.3 is 12.1 Å². The highest BCUT2D eigenvalue weighted by atomic mass is 28.4. The summed E-state index contributed by atoms with van der Waals surface area (Å²) >= 11 is 0. The van der Waals surface area contributed by atoms with Crippen LogP contribution >= 0.6 is 0 Å². The first kappa shape index (κ1) is 31.6. The van der Waals surface area contributed by atoms with Crippen LogP contribution in [0, 0.1) is 5.92 Å². The van der Waals surface area contributed by atoms with Gasteiger partial charge < -0.3 is 19.2 Å². The van der Waals surface area contributed by atoms with Gasteiger partial charge in [0.05, 0.1) is 0 Å². The highest BCUT2D eigenvalue weighted by Gasteiger charge is 2.50. The lowest BCUT2D eigenvalue weighted by atomic mass is 9.98. The summed E-state index contributed by atoms with van der Waals surface area (Å²) in [5.74, 6) is -0.739. The monoisotopic (exact) mass is 541 g/mol. The number of ether oxygens (including phenoxy) is 2. The number of carbonyl (C=O) groups is 2. The van der Waals surface area contributed by atoms with E-state index < -0.39 is 37.6 Å². The number of alkyl carbamates (subject to hydrolysis) is 1. The van der Waals surface area contributed by atoms with Gasteiger partial charge in [-0.3, -0.25) is 0 Å². The van der Waals surface area contributed by atoms with E-state index in [2.05, 4.69) is 74.6 Å². The van der Waals surface area contributed by atoms with E-state index in [1.165, 1.54) is 10.4 Å². The van der Waals surface area contributed by atoms with Crippen molar-refractivity contribution in [2.75, 3.05) is 6.61 Å². The smallest absolute Gasteiger partial charge is 0.408 e. The maximum absolute atomic E-state index is 13.1. The van der Waals surface area contributed by atoms with Gasteiger partial charge in [0, 0.05) is 6.61 Å².